The van der Waals surface area contributed by atoms with Gasteiger partial charge in [0.1, 0.15) is 12.4 Å². The zero-order valence-corrected chi connectivity index (χ0v) is 9.34. The normalized spacial score (nSPS) is 10.5. The van der Waals surface area contributed by atoms with Crippen molar-refractivity contribution in [3.63, 3.8) is 0 Å². The first kappa shape index (κ1) is 11.9. The maximum absolute atomic E-state index is 10.4. The topological polar surface area (TPSA) is 85.9 Å². The van der Waals surface area contributed by atoms with E-state index in [1.165, 1.54) is 0 Å². The molecule has 1 aromatic heterocycles. The van der Waals surface area contributed by atoms with Crippen LogP contribution in [-0.2, 0) is 22.5 Å². The molecule has 84 valence electrons. The van der Waals surface area contributed by atoms with Crippen LogP contribution >= 0.6 is 12.2 Å². The Balaban J connectivity index is 2.46. The van der Waals surface area contributed by atoms with Gasteiger partial charge in [-0.15, -0.1) is 0 Å². The van der Waals surface area contributed by atoms with Crippen LogP contribution in [0.25, 0.3) is 0 Å². The standard InChI is InChI=1S/C8H14N4O2S/c1-2-7-10-11-8(15)12(7)3-4-14-5-6(9)13/h2-5H2,1H3,(H2,9,13)(H,11,15). The monoisotopic (exact) mass is 230 g/mol. The summed E-state index contributed by atoms with van der Waals surface area (Å²) in [6.45, 7) is 2.90. The number of nitrogens with zero attached hydrogens (tertiary/aromatic N) is 2. The van der Waals surface area contributed by atoms with Crippen LogP contribution in [0.1, 0.15) is 12.7 Å². The van der Waals surface area contributed by atoms with E-state index in [0.29, 0.717) is 17.9 Å². The molecule has 0 aliphatic rings. The van der Waals surface area contributed by atoms with Crippen molar-refractivity contribution in [1.82, 2.24) is 14.8 Å². The molecular weight excluding hydrogens is 216 g/mol. The lowest BCUT2D eigenvalue weighted by Crippen LogP contribution is -2.20. The van der Waals surface area contributed by atoms with Gasteiger partial charge in [-0.05, 0) is 12.2 Å². The SMILES string of the molecule is CCc1n[nH]c(=S)n1CCOCC(N)=O. The Labute approximate surface area is 92.4 Å². The summed E-state index contributed by atoms with van der Waals surface area (Å²) < 4.78 is 7.45. The Bertz CT molecular complexity index is 384. The number of hydrogen-bond acceptors (Lipinski definition) is 4. The van der Waals surface area contributed by atoms with E-state index in [9.17, 15) is 4.79 Å². The molecule has 0 aliphatic carbocycles. The maximum Gasteiger partial charge on any atom is 0.243 e. The Morgan fingerprint density at radius 1 is 1.73 bits per heavy atom. The van der Waals surface area contributed by atoms with Crippen molar-refractivity contribution in [2.75, 3.05) is 13.2 Å². The van der Waals surface area contributed by atoms with Crippen LogP contribution in [-0.4, -0.2) is 33.9 Å². The van der Waals surface area contributed by atoms with E-state index < -0.39 is 5.91 Å². The fourth-order valence-electron chi connectivity index (χ4n) is 1.18. The van der Waals surface area contributed by atoms with Gasteiger partial charge in [-0.3, -0.25) is 9.89 Å². The lowest BCUT2D eigenvalue weighted by molar-refractivity contribution is -0.122. The van der Waals surface area contributed by atoms with Crippen molar-refractivity contribution in [3.8, 4) is 0 Å². The van der Waals surface area contributed by atoms with Gasteiger partial charge in [0.25, 0.3) is 0 Å². The maximum atomic E-state index is 10.4. The van der Waals surface area contributed by atoms with Gasteiger partial charge in [-0.1, -0.05) is 6.92 Å². The van der Waals surface area contributed by atoms with Crippen molar-refractivity contribution in [2.24, 2.45) is 5.73 Å². The summed E-state index contributed by atoms with van der Waals surface area (Å²) in [5.74, 6) is 0.407. The number of aromatic amines is 1. The fraction of sp³-hybridized carbons (Fsp3) is 0.625. The smallest absolute Gasteiger partial charge is 0.243 e. The zero-order valence-electron chi connectivity index (χ0n) is 8.52. The molecule has 1 heterocycles. The molecule has 0 atom stereocenters. The predicted octanol–water partition coefficient (Wildman–Crippen LogP) is 0.00499. The first-order valence-electron chi connectivity index (χ1n) is 4.65. The van der Waals surface area contributed by atoms with Gasteiger partial charge in [-0.2, -0.15) is 5.10 Å². The molecule has 0 bridgehead atoms. The number of hydrogen-bond donors (Lipinski definition) is 2. The Hall–Kier alpha value is -1.21. The summed E-state index contributed by atoms with van der Waals surface area (Å²) in [4.78, 5) is 10.4. The van der Waals surface area contributed by atoms with Crippen LogP contribution in [0.4, 0.5) is 0 Å². The molecular formula is C8H14N4O2S. The van der Waals surface area contributed by atoms with Gasteiger partial charge < -0.3 is 15.0 Å². The molecule has 3 N–H and O–H groups in total. The molecule has 0 unspecified atom stereocenters. The molecule has 1 amide bonds. The van der Waals surface area contributed by atoms with Gasteiger partial charge in [0.2, 0.25) is 5.91 Å². The molecule has 0 fully saturated rings. The lowest BCUT2D eigenvalue weighted by atomic mass is 10.4. The number of rotatable bonds is 6. The number of primary amides is 1. The highest BCUT2D eigenvalue weighted by molar-refractivity contribution is 7.71. The molecule has 0 spiro atoms. The third-order valence-electron chi connectivity index (χ3n) is 1.86. The van der Waals surface area contributed by atoms with Crippen molar-refractivity contribution in [1.29, 1.82) is 0 Å². The Morgan fingerprint density at radius 2 is 2.47 bits per heavy atom. The average Bonchev–Trinajstić information content (AvgIpc) is 2.54. The molecule has 1 rings (SSSR count). The van der Waals surface area contributed by atoms with Crippen LogP contribution in [0.3, 0.4) is 0 Å². The summed E-state index contributed by atoms with van der Waals surface area (Å²) in [7, 11) is 0. The number of ether oxygens (including phenoxy) is 1. The highest BCUT2D eigenvalue weighted by Crippen LogP contribution is 1.98. The van der Waals surface area contributed by atoms with Crippen molar-refractivity contribution in [2.45, 2.75) is 19.9 Å². The molecule has 0 saturated carbocycles. The molecule has 6 nitrogen and oxygen atoms in total. The first-order chi connectivity index (χ1) is 7.15. The summed E-state index contributed by atoms with van der Waals surface area (Å²) in [6, 6.07) is 0. The van der Waals surface area contributed by atoms with Crippen LogP contribution in [0, 0.1) is 4.77 Å². The minimum atomic E-state index is -0.471. The van der Waals surface area contributed by atoms with Gasteiger partial charge >= 0.3 is 0 Å². The molecule has 0 aromatic carbocycles. The van der Waals surface area contributed by atoms with E-state index in [0.717, 1.165) is 12.2 Å². The van der Waals surface area contributed by atoms with Crippen LogP contribution in [0.2, 0.25) is 0 Å². The quantitative estimate of drug-likeness (QED) is 0.532. The van der Waals surface area contributed by atoms with Gasteiger partial charge in [0.15, 0.2) is 4.77 Å². The number of amides is 1. The summed E-state index contributed by atoms with van der Waals surface area (Å²) in [5, 5.41) is 6.75. The van der Waals surface area contributed by atoms with Crippen molar-refractivity contribution in [3.05, 3.63) is 10.6 Å². The molecule has 0 aliphatic heterocycles. The zero-order chi connectivity index (χ0) is 11.3. The molecule has 1 aromatic rings. The Kier molecular flexibility index (Phi) is 4.44. The van der Waals surface area contributed by atoms with Crippen LogP contribution in [0.15, 0.2) is 0 Å². The number of H-pyrrole nitrogens is 1. The van der Waals surface area contributed by atoms with E-state index in [4.69, 9.17) is 22.7 Å². The lowest BCUT2D eigenvalue weighted by Gasteiger charge is -2.05. The second-order valence-corrected chi connectivity index (χ2v) is 3.36. The van der Waals surface area contributed by atoms with Crippen molar-refractivity contribution >= 4 is 18.1 Å². The van der Waals surface area contributed by atoms with E-state index in [-0.39, 0.29) is 6.61 Å². The molecule has 0 saturated heterocycles. The van der Waals surface area contributed by atoms with Crippen molar-refractivity contribution < 1.29 is 9.53 Å². The second kappa shape index (κ2) is 5.62. The first-order valence-corrected chi connectivity index (χ1v) is 5.06. The fourth-order valence-corrected chi connectivity index (χ4v) is 1.42. The highest BCUT2D eigenvalue weighted by atomic mass is 32.1. The summed E-state index contributed by atoms with van der Waals surface area (Å²) in [5.41, 5.74) is 4.93. The minimum absolute atomic E-state index is 0.0629. The summed E-state index contributed by atoms with van der Waals surface area (Å²) >= 11 is 5.04. The predicted molar refractivity (Wildman–Crippen MR) is 56.8 cm³/mol. The number of carbonyl (C=O) groups excluding carboxylic acids is 1. The third kappa shape index (κ3) is 3.45. The second-order valence-electron chi connectivity index (χ2n) is 2.97. The molecule has 15 heavy (non-hydrogen) atoms. The van der Waals surface area contributed by atoms with E-state index in [1.807, 2.05) is 11.5 Å². The van der Waals surface area contributed by atoms with Crippen LogP contribution in [0.5, 0.6) is 0 Å². The largest absolute Gasteiger partial charge is 0.370 e. The van der Waals surface area contributed by atoms with Gasteiger partial charge in [0, 0.05) is 6.42 Å². The number of aromatic nitrogens is 3. The minimum Gasteiger partial charge on any atom is -0.370 e. The van der Waals surface area contributed by atoms with Crippen LogP contribution < -0.4 is 5.73 Å². The van der Waals surface area contributed by atoms with E-state index >= 15 is 0 Å². The number of nitrogens with two attached hydrogens (primary N) is 1. The average molecular weight is 230 g/mol. The number of aryl methyl sites for hydroxylation is 1. The van der Waals surface area contributed by atoms with Gasteiger partial charge in [-0.25, -0.2) is 0 Å². The molecule has 0 radical (unpaired) electrons. The highest BCUT2D eigenvalue weighted by Gasteiger charge is 2.03. The Morgan fingerprint density at radius 3 is 3.07 bits per heavy atom. The van der Waals surface area contributed by atoms with E-state index in [2.05, 4.69) is 10.2 Å². The van der Waals surface area contributed by atoms with Gasteiger partial charge in [0.05, 0.1) is 13.2 Å². The number of nitrogens with one attached hydrogen (secondary N) is 1. The summed E-state index contributed by atoms with van der Waals surface area (Å²) in [6.07, 6.45) is 0.795. The van der Waals surface area contributed by atoms with E-state index in [1.54, 1.807) is 0 Å². The number of carbonyl (C=O) groups is 1. The third-order valence-corrected chi connectivity index (χ3v) is 2.17. The molecule has 7 heteroatoms.